The largest absolute Gasteiger partial charge is 0.422 e. The fourth-order valence-corrected chi connectivity index (χ4v) is 2.47. The van der Waals surface area contributed by atoms with Crippen molar-refractivity contribution in [3.63, 3.8) is 0 Å². The highest BCUT2D eigenvalue weighted by Gasteiger charge is 2.16. The van der Waals surface area contributed by atoms with Crippen molar-refractivity contribution in [2.24, 2.45) is 0 Å². The van der Waals surface area contributed by atoms with Gasteiger partial charge in [0.15, 0.2) is 0 Å². The number of rotatable bonds is 3. The van der Waals surface area contributed by atoms with Crippen LogP contribution in [0.4, 0.5) is 0 Å². The Kier molecular flexibility index (Phi) is 4.69. The Labute approximate surface area is 137 Å². The average Bonchev–Trinajstić information content (AvgIpc) is 2.49. The van der Waals surface area contributed by atoms with Crippen LogP contribution in [0.25, 0.3) is 0 Å². The fourth-order valence-electron chi connectivity index (χ4n) is 2.47. The number of hydrogen-bond donors (Lipinski definition) is 0. The third-order valence-electron chi connectivity index (χ3n) is 3.80. The van der Waals surface area contributed by atoms with Crippen molar-refractivity contribution in [3.05, 3.63) is 64.2 Å². The molecule has 120 valence electrons. The van der Waals surface area contributed by atoms with Gasteiger partial charge in [-0.1, -0.05) is 32.9 Å². The Morgan fingerprint density at radius 1 is 1.00 bits per heavy atom. The van der Waals surface area contributed by atoms with Crippen molar-refractivity contribution in [1.82, 2.24) is 0 Å². The predicted octanol–water partition coefficient (Wildman–Crippen LogP) is 4.63. The van der Waals surface area contributed by atoms with E-state index in [9.17, 15) is 9.59 Å². The molecule has 0 fully saturated rings. The minimum atomic E-state index is -0.393. The zero-order valence-electron chi connectivity index (χ0n) is 14.3. The third-order valence-corrected chi connectivity index (χ3v) is 3.80. The molecule has 2 aromatic carbocycles. The zero-order chi connectivity index (χ0) is 17.2. The second-order valence-corrected chi connectivity index (χ2v) is 6.82. The molecule has 0 aromatic heterocycles. The zero-order valence-corrected chi connectivity index (χ0v) is 14.3. The minimum absolute atomic E-state index is 0.0419. The number of carbonyl (C=O) groups excluding carboxylic acids is 2. The SMILES string of the molecule is Cc1cc(C=O)cc(C)c1OC(=O)c1ccc(C(C)(C)C)cc1. The Bertz CT molecular complexity index is 711. The number of aldehydes is 1. The molecule has 2 aromatic rings. The molecule has 0 saturated carbocycles. The van der Waals surface area contributed by atoms with Crippen LogP contribution in [0.15, 0.2) is 36.4 Å². The number of carbonyl (C=O) groups is 2. The molecule has 2 rings (SSSR count). The van der Waals surface area contributed by atoms with Gasteiger partial charge in [-0.15, -0.1) is 0 Å². The van der Waals surface area contributed by atoms with Gasteiger partial charge in [0.1, 0.15) is 12.0 Å². The van der Waals surface area contributed by atoms with Crippen LogP contribution >= 0.6 is 0 Å². The van der Waals surface area contributed by atoms with Crippen LogP contribution in [0.2, 0.25) is 0 Å². The lowest BCUT2D eigenvalue weighted by Crippen LogP contribution is -2.13. The highest BCUT2D eigenvalue weighted by Crippen LogP contribution is 2.26. The van der Waals surface area contributed by atoms with Crippen molar-refractivity contribution in [2.45, 2.75) is 40.0 Å². The molecule has 0 aliphatic rings. The van der Waals surface area contributed by atoms with Gasteiger partial charge in [-0.3, -0.25) is 4.79 Å². The molecule has 3 nitrogen and oxygen atoms in total. The summed E-state index contributed by atoms with van der Waals surface area (Å²) in [4.78, 5) is 23.2. The van der Waals surface area contributed by atoms with Crippen molar-refractivity contribution in [3.8, 4) is 5.75 Å². The minimum Gasteiger partial charge on any atom is -0.422 e. The molecule has 0 spiro atoms. The average molecular weight is 310 g/mol. The first-order valence-electron chi connectivity index (χ1n) is 7.61. The molecule has 23 heavy (non-hydrogen) atoms. The molecule has 0 unspecified atom stereocenters. The number of benzene rings is 2. The van der Waals surface area contributed by atoms with Crippen LogP contribution in [0.1, 0.15) is 58.2 Å². The third kappa shape index (κ3) is 3.86. The van der Waals surface area contributed by atoms with E-state index in [1.54, 1.807) is 24.3 Å². The Morgan fingerprint density at radius 3 is 1.96 bits per heavy atom. The van der Waals surface area contributed by atoms with Crippen LogP contribution in [0, 0.1) is 13.8 Å². The van der Waals surface area contributed by atoms with Gasteiger partial charge in [0.25, 0.3) is 0 Å². The van der Waals surface area contributed by atoms with Crippen LogP contribution in [-0.4, -0.2) is 12.3 Å². The van der Waals surface area contributed by atoms with Gasteiger partial charge in [-0.05, 0) is 60.2 Å². The van der Waals surface area contributed by atoms with E-state index in [0.29, 0.717) is 16.9 Å². The highest BCUT2D eigenvalue weighted by molar-refractivity contribution is 5.91. The summed E-state index contributed by atoms with van der Waals surface area (Å²) >= 11 is 0. The lowest BCUT2D eigenvalue weighted by Gasteiger charge is -2.19. The van der Waals surface area contributed by atoms with Crippen LogP contribution in [0.5, 0.6) is 5.75 Å². The van der Waals surface area contributed by atoms with Crippen molar-refractivity contribution >= 4 is 12.3 Å². The second-order valence-electron chi connectivity index (χ2n) is 6.82. The summed E-state index contributed by atoms with van der Waals surface area (Å²) in [6, 6.07) is 10.9. The maximum Gasteiger partial charge on any atom is 0.343 e. The van der Waals surface area contributed by atoms with E-state index in [1.807, 2.05) is 26.0 Å². The molecule has 0 N–H and O–H groups in total. The summed E-state index contributed by atoms with van der Waals surface area (Å²) in [5.74, 6) is 0.121. The second kappa shape index (κ2) is 6.37. The van der Waals surface area contributed by atoms with Gasteiger partial charge in [-0.2, -0.15) is 0 Å². The van der Waals surface area contributed by atoms with Crippen molar-refractivity contribution in [1.29, 1.82) is 0 Å². The van der Waals surface area contributed by atoms with E-state index in [-0.39, 0.29) is 5.41 Å². The summed E-state index contributed by atoms with van der Waals surface area (Å²) in [5, 5.41) is 0. The van der Waals surface area contributed by atoms with Gasteiger partial charge in [0.05, 0.1) is 5.56 Å². The summed E-state index contributed by atoms with van der Waals surface area (Å²) < 4.78 is 5.53. The lowest BCUT2D eigenvalue weighted by molar-refractivity contribution is 0.0732. The molecule has 0 saturated heterocycles. The molecule has 3 heteroatoms. The first kappa shape index (κ1) is 16.9. The van der Waals surface area contributed by atoms with Gasteiger partial charge in [-0.25, -0.2) is 4.79 Å². The summed E-state index contributed by atoms with van der Waals surface area (Å²) in [6.45, 7) is 10.0. The fraction of sp³-hybridized carbons (Fsp3) is 0.300. The number of aryl methyl sites for hydroxylation is 2. The first-order valence-corrected chi connectivity index (χ1v) is 7.61. The van der Waals surface area contributed by atoms with Crippen LogP contribution in [-0.2, 0) is 5.41 Å². The standard InChI is InChI=1S/C20H22O3/c1-13-10-15(12-21)11-14(2)18(13)23-19(22)16-6-8-17(9-7-16)20(3,4)5/h6-12H,1-5H3. The molecule has 0 amide bonds. The Balaban J connectivity index is 2.24. The van der Waals surface area contributed by atoms with E-state index >= 15 is 0 Å². The van der Waals surface area contributed by atoms with Crippen molar-refractivity contribution < 1.29 is 14.3 Å². The molecule has 0 heterocycles. The maximum absolute atomic E-state index is 12.3. The topological polar surface area (TPSA) is 43.4 Å². The maximum atomic E-state index is 12.3. The smallest absolute Gasteiger partial charge is 0.343 e. The molecular weight excluding hydrogens is 288 g/mol. The molecule has 0 bridgehead atoms. The van der Waals surface area contributed by atoms with Gasteiger partial charge in [0.2, 0.25) is 0 Å². The van der Waals surface area contributed by atoms with E-state index in [2.05, 4.69) is 20.8 Å². The predicted molar refractivity (Wildman–Crippen MR) is 91.4 cm³/mol. The monoisotopic (exact) mass is 310 g/mol. The number of esters is 1. The molecule has 0 aliphatic carbocycles. The molecule has 0 radical (unpaired) electrons. The first-order chi connectivity index (χ1) is 10.7. The van der Waals surface area contributed by atoms with Gasteiger partial charge >= 0.3 is 5.97 Å². The molecule has 0 atom stereocenters. The summed E-state index contributed by atoms with van der Waals surface area (Å²) in [7, 11) is 0. The van der Waals surface area contributed by atoms with E-state index in [4.69, 9.17) is 4.74 Å². The molecule has 0 aliphatic heterocycles. The quantitative estimate of drug-likeness (QED) is 0.471. The summed E-state index contributed by atoms with van der Waals surface area (Å²) in [5.41, 5.74) is 3.83. The number of hydrogen-bond acceptors (Lipinski definition) is 3. The normalized spacial score (nSPS) is 11.2. The lowest BCUT2D eigenvalue weighted by atomic mass is 9.87. The van der Waals surface area contributed by atoms with Gasteiger partial charge in [0, 0.05) is 5.56 Å². The molecular formula is C20H22O3. The van der Waals surface area contributed by atoms with Gasteiger partial charge < -0.3 is 4.74 Å². The van der Waals surface area contributed by atoms with E-state index in [1.165, 1.54) is 0 Å². The van der Waals surface area contributed by atoms with E-state index in [0.717, 1.165) is 23.0 Å². The van der Waals surface area contributed by atoms with Crippen LogP contribution < -0.4 is 4.74 Å². The van der Waals surface area contributed by atoms with Crippen molar-refractivity contribution in [2.75, 3.05) is 0 Å². The number of ether oxygens (including phenoxy) is 1. The summed E-state index contributed by atoms with van der Waals surface area (Å²) in [6.07, 6.45) is 0.789. The van der Waals surface area contributed by atoms with E-state index < -0.39 is 5.97 Å². The Hall–Kier alpha value is -2.42. The van der Waals surface area contributed by atoms with Crippen LogP contribution in [0.3, 0.4) is 0 Å². The highest BCUT2D eigenvalue weighted by atomic mass is 16.5. The Morgan fingerprint density at radius 2 is 1.52 bits per heavy atom.